The maximum absolute atomic E-state index is 12.3. The third kappa shape index (κ3) is 4.79. The second-order valence-corrected chi connectivity index (χ2v) is 5.75. The molecule has 0 saturated carbocycles. The molecule has 0 unspecified atom stereocenters. The summed E-state index contributed by atoms with van der Waals surface area (Å²) in [6, 6.07) is 13.8. The summed E-state index contributed by atoms with van der Waals surface area (Å²) in [5, 5.41) is 14.1. The minimum atomic E-state index is -0.583. The summed E-state index contributed by atoms with van der Waals surface area (Å²) in [5.41, 5.74) is 0.915. The number of aryl methyl sites for hydroxylation is 1. The molecule has 2 rings (SSSR count). The number of rotatable bonds is 6. The number of benzene rings is 2. The molecule has 1 amide bonds. The van der Waals surface area contributed by atoms with Crippen molar-refractivity contribution in [1.29, 1.82) is 0 Å². The number of nitrogens with one attached hydrogen (secondary N) is 1. The first-order valence-corrected chi connectivity index (χ1v) is 7.64. The summed E-state index contributed by atoms with van der Waals surface area (Å²) in [5.74, 6) is -0.486. The fraction of sp³-hybridized carbons (Fsp3) is 0.235. The molecule has 0 radical (unpaired) electrons. The highest BCUT2D eigenvalue weighted by molar-refractivity contribution is 6.31. The van der Waals surface area contributed by atoms with E-state index < -0.39 is 10.8 Å². The molecule has 23 heavy (non-hydrogen) atoms. The molecule has 1 atom stereocenters. The molecule has 2 aromatic carbocycles. The Bertz CT molecular complexity index is 704. The Morgan fingerprint density at radius 3 is 2.61 bits per heavy atom. The van der Waals surface area contributed by atoms with Crippen LogP contribution in [0.2, 0.25) is 5.02 Å². The molecular weight excluding hydrogens is 316 g/mol. The molecule has 5 nitrogen and oxygen atoms in total. The van der Waals surface area contributed by atoms with Crippen molar-refractivity contribution in [3.63, 3.8) is 0 Å². The molecule has 0 saturated heterocycles. The second-order valence-electron chi connectivity index (χ2n) is 5.32. The van der Waals surface area contributed by atoms with E-state index in [0.717, 1.165) is 12.8 Å². The molecule has 120 valence electrons. The lowest BCUT2D eigenvalue weighted by molar-refractivity contribution is -0.385. The van der Waals surface area contributed by atoms with Crippen LogP contribution in [0.25, 0.3) is 0 Å². The minimum absolute atomic E-state index is 0.0194. The van der Waals surface area contributed by atoms with Gasteiger partial charge in [0.2, 0.25) is 0 Å². The van der Waals surface area contributed by atoms with Crippen molar-refractivity contribution in [2.75, 3.05) is 0 Å². The summed E-state index contributed by atoms with van der Waals surface area (Å²) in [6.45, 7) is 1.87. The fourth-order valence-electron chi connectivity index (χ4n) is 2.25. The highest BCUT2D eigenvalue weighted by atomic mass is 35.5. The Morgan fingerprint density at radius 2 is 1.96 bits per heavy atom. The first-order valence-electron chi connectivity index (χ1n) is 7.26. The standard InChI is InChI=1S/C17H17ClN2O3/c1-12(7-8-13-5-3-2-4-6-13)19-17(21)15-11-14(18)9-10-16(15)20(22)23/h2-6,9-12H,7-8H2,1H3,(H,19,21)/t12-/m0/s1. The number of carbonyl (C=O) groups excluding carboxylic acids is 1. The van der Waals surface area contributed by atoms with Crippen LogP contribution < -0.4 is 5.32 Å². The number of nitro groups is 1. The number of nitrogens with zero attached hydrogens (tertiary/aromatic N) is 1. The predicted molar refractivity (Wildman–Crippen MR) is 89.8 cm³/mol. The van der Waals surface area contributed by atoms with Gasteiger partial charge in [0.25, 0.3) is 11.6 Å². The van der Waals surface area contributed by atoms with Gasteiger partial charge in [-0.15, -0.1) is 0 Å². The van der Waals surface area contributed by atoms with E-state index in [4.69, 9.17) is 11.6 Å². The normalized spacial score (nSPS) is 11.7. The molecule has 0 bridgehead atoms. The number of hydrogen-bond acceptors (Lipinski definition) is 3. The van der Waals surface area contributed by atoms with Crippen LogP contribution in [0, 0.1) is 10.1 Å². The second kappa shape index (κ2) is 7.74. The van der Waals surface area contributed by atoms with Crippen molar-refractivity contribution in [2.45, 2.75) is 25.8 Å². The zero-order valence-corrected chi connectivity index (χ0v) is 13.4. The Morgan fingerprint density at radius 1 is 1.26 bits per heavy atom. The molecule has 2 aromatic rings. The Labute approximate surface area is 139 Å². The van der Waals surface area contributed by atoms with Gasteiger partial charge in [0.15, 0.2) is 0 Å². The summed E-state index contributed by atoms with van der Waals surface area (Å²) in [4.78, 5) is 22.7. The fourth-order valence-corrected chi connectivity index (χ4v) is 2.42. The summed E-state index contributed by atoms with van der Waals surface area (Å²) in [6.07, 6.45) is 1.56. The molecule has 0 heterocycles. The lowest BCUT2D eigenvalue weighted by atomic mass is 10.1. The van der Waals surface area contributed by atoms with Crippen LogP contribution in [0.3, 0.4) is 0 Å². The monoisotopic (exact) mass is 332 g/mol. The van der Waals surface area contributed by atoms with Gasteiger partial charge in [0.05, 0.1) is 4.92 Å². The van der Waals surface area contributed by atoms with Gasteiger partial charge in [-0.3, -0.25) is 14.9 Å². The van der Waals surface area contributed by atoms with Crippen molar-refractivity contribution < 1.29 is 9.72 Å². The number of carbonyl (C=O) groups is 1. The van der Waals surface area contributed by atoms with Crippen LogP contribution in [0.5, 0.6) is 0 Å². The summed E-state index contributed by atoms with van der Waals surface area (Å²) < 4.78 is 0. The molecule has 0 aliphatic carbocycles. The Balaban J connectivity index is 2.01. The smallest absolute Gasteiger partial charge is 0.282 e. The van der Waals surface area contributed by atoms with Gasteiger partial charge in [-0.05, 0) is 37.5 Å². The molecule has 0 aromatic heterocycles. The van der Waals surface area contributed by atoms with Crippen molar-refractivity contribution >= 4 is 23.2 Å². The molecule has 0 aliphatic rings. The molecular formula is C17H17ClN2O3. The van der Waals surface area contributed by atoms with Crippen LogP contribution in [0.1, 0.15) is 29.3 Å². The largest absolute Gasteiger partial charge is 0.349 e. The van der Waals surface area contributed by atoms with E-state index in [0.29, 0.717) is 0 Å². The maximum atomic E-state index is 12.3. The maximum Gasteiger partial charge on any atom is 0.282 e. The predicted octanol–water partition coefficient (Wildman–Crippen LogP) is 4.00. The van der Waals surface area contributed by atoms with Gasteiger partial charge in [-0.25, -0.2) is 0 Å². The van der Waals surface area contributed by atoms with Crippen LogP contribution in [0.4, 0.5) is 5.69 Å². The van der Waals surface area contributed by atoms with Gasteiger partial charge < -0.3 is 5.32 Å². The molecule has 6 heteroatoms. The van der Waals surface area contributed by atoms with E-state index in [2.05, 4.69) is 5.32 Å². The van der Waals surface area contributed by atoms with E-state index >= 15 is 0 Å². The average Bonchev–Trinajstić information content (AvgIpc) is 2.53. The Kier molecular flexibility index (Phi) is 5.71. The Hall–Kier alpha value is -2.40. The number of halogens is 1. The zero-order chi connectivity index (χ0) is 16.8. The molecule has 1 N–H and O–H groups in total. The lowest BCUT2D eigenvalue weighted by Gasteiger charge is -2.14. The number of nitro benzene ring substituents is 1. The van der Waals surface area contributed by atoms with Crippen molar-refractivity contribution in [1.82, 2.24) is 5.32 Å². The van der Waals surface area contributed by atoms with Crippen LogP contribution in [-0.4, -0.2) is 16.9 Å². The van der Waals surface area contributed by atoms with Crippen molar-refractivity contribution in [2.24, 2.45) is 0 Å². The van der Waals surface area contributed by atoms with Gasteiger partial charge in [0, 0.05) is 17.1 Å². The zero-order valence-electron chi connectivity index (χ0n) is 12.7. The van der Waals surface area contributed by atoms with Crippen LogP contribution >= 0.6 is 11.6 Å². The first kappa shape index (κ1) is 17.0. The van der Waals surface area contributed by atoms with Gasteiger partial charge >= 0.3 is 0 Å². The number of amides is 1. The third-order valence-corrected chi connectivity index (χ3v) is 3.72. The molecule has 0 fully saturated rings. The van der Waals surface area contributed by atoms with Crippen molar-refractivity contribution in [3.05, 3.63) is 74.8 Å². The summed E-state index contributed by atoms with van der Waals surface area (Å²) >= 11 is 5.84. The van der Waals surface area contributed by atoms with Gasteiger partial charge in [0.1, 0.15) is 5.56 Å². The molecule has 0 spiro atoms. The number of hydrogen-bond donors (Lipinski definition) is 1. The minimum Gasteiger partial charge on any atom is -0.349 e. The van der Waals surface area contributed by atoms with E-state index in [1.54, 1.807) is 0 Å². The topological polar surface area (TPSA) is 72.2 Å². The first-order chi connectivity index (χ1) is 11.0. The average molecular weight is 333 g/mol. The summed E-state index contributed by atoms with van der Waals surface area (Å²) in [7, 11) is 0. The SMILES string of the molecule is C[C@@H](CCc1ccccc1)NC(=O)c1cc(Cl)ccc1[N+](=O)[O-]. The van der Waals surface area contributed by atoms with E-state index in [9.17, 15) is 14.9 Å². The highest BCUT2D eigenvalue weighted by Gasteiger charge is 2.21. The van der Waals surface area contributed by atoms with E-state index in [1.807, 2.05) is 37.3 Å². The molecule has 0 aliphatic heterocycles. The lowest BCUT2D eigenvalue weighted by Crippen LogP contribution is -2.33. The van der Waals surface area contributed by atoms with Crippen LogP contribution in [0.15, 0.2) is 48.5 Å². The third-order valence-electron chi connectivity index (χ3n) is 3.49. The quantitative estimate of drug-likeness (QED) is 0.642. The van der Waals surface area contributed by atoms with E-state index in [-0.39, 0.29) is 22.3 Å². The highest BCUT2D eigenvalue weighted by Crippen LogP contribution is 2.22. The van der Waals surface area contributed by atoms with Crippen molar-refractivity contribution in [3.8, 4) is 0 Å². The van der Waals surface area contributed by atoms with Gasteiger partial charge in [-0.2, -0.15) is 0 Å². The van der Waals surface area contributed by atoms with E-state index in [1.165, 1.54) is 23.8 Å². The van der Waals surface area contributed by atoms with Gasteiger partial charge in [-0.1, -0.05) is 41.9 Å². The van der Waals surface area contributed by atoms with Crippen LogP contribution in [-0.2, 0) is 6.42 Å².